The highest BCUT2D eigenvalue weighted by Crippen LogP contribution is 2.23. The van der Waals surface area contributed by atoms with Crippen LogP contribution in [0.3, 0.4) is 0 Å². The quantitative estimate of drug-likeness (QED) is 0.840. The third-order valence-electron chi connectivity index (χ3n) is 3.62. The Balaban J connectivity index is 1.81. The number of benzene rings is 1. The van der Waals surface area contributed by atoms with Crippen LogP contribution in [0.5, 0.6) is 5.75 Å². The molecule has 4 nitrogen and oxygen atoms in total. The first-order valence-electron chi connectivity index (χ1n) is 7.54. The van der Waals surface area contributed by atoms with Crippen LogP contribution in [-0.2, 0) is 4.79 Å². The number of rotatable bonds is 6. The molecule has 1 aliphatic rings. The third-order valence-corrected chi connectivity index (χ3v) is 3.62. The Kier molecular flexibility index (Phi) is 5.87. The molecule has 2 rings (SSSR count). The number of anilines is 1. The molecular weight excluding hydrogens is 252 g/mol. The Hall–Kier alpha value is -1.55. The number of nitrogens with one attached hydrogen (secondary N) is 2. The van der Waals surface area contributed by atoms with Crippen molar-refractivity contribution in [2.24, 2.45) is 0 Å². The molecule has 20 heavy (non-hydrogen) atoms. The van der Waals surface area contributed by atoms with E-state index >= 15 is 0 Å². The second kappa shape index (κ2) is 7.90. The molecule has 1 aromatic carbocycles. The van der Waals surface area contributed by atoms with Gasteiger partial charge in [-0.25, -0.2) is 0 Å². The van der Waals surface area contributed by atoms with Gasteiger partial charge in [0.25, 0.3) is 0 Å². The van der Waals surface area contributed by atoms with Gasteiger partial charge < -0.3 is 15.4 Å². The van der Waals surface area contributed by atoms with Gasteiger partial charge in [0.05, 0.1) is 18.8 Å². The molecule has 110 valence electrons. The third kappa shape index (κ3) is 4.53. The second-order valence-corrected chi connectivity index (χ2v) is 5.19. The Bertz CT molecular complexity index is 428. The summed E-state index contributed by atoms with van der Waals surface area (Å²) < 4.78 is 5.50. The molecule has 0 bridgehead atoms. The monoisotopic (exact) mass is 276 g/mol. The predicted molar refractivity (Wildman–Crippen MR) is 81.1 cm³/mol. The van der Waals surface area contributed by atoms with Crippen LogP contribution < -0.4 is 15.4 Å². The van der Waals surface area contributed by atoms with Crippen molar-refractivity contribution < 1.29 is 9.53 Å². The van der Waals surface area contributed by atoms with E-state index in [0.717, 1.165) is 11.4 Å². The lowest BCUT2D eigenvalue weighted by Gasteiger charge is -2.22. The molecule has 0 atom stereocenters. The van der Waals surface area contributed by atoms with Crippen molar-refractivity contribution in [1.82, 2.24) is 5.32 Å². The molecule has 1 aliphatic carbocycles. The molecule has 1 aromatic rings. The molecule has 0 aliphatic heterocycles. The van der Waals surface area contributed by atoms with Gasteiger partial charge >= 0.3 is 0 Å². The van der Waals surface area contributed by atoms with E-state index in [1.165, 1.54) is 32.1 Å². The topological polar surface area (TPSA) is 50.4 Å². The fourth-order valence-electron chi connectivity index (χ4n) is 2.59. The van der Waals surface area contributed by atoms with Crippen LogP contribution in [0.1, 0.15) is 39.0 Å². The number of ether oxygens (including phenoxy) is 1. The van der Waals surface area contributed by atoms with Crippen molar-refractivity contribution in [1.29, 1.82) is 0 Å². The summed E-state index contributed by atoms with van der Waals surface area (Å²) in [5.41, 5.74) is 0.741. The molecule has 1 amide bonds. The average Bonchev–Trinajstić information content (AvgIpc) is 2.49. The van der Waals surface area contributed by atoms with Crippen LogP contribution in [0.15, 0.2) is 24.3 Å². The Morgan fingerprint density at radius 1 is 1.25 bits per heavy atom. The molecule has 2 N–H and O–H groups in total. The molecule has 0 heterocycles. The lowest BCUT2D eigenvalue weighted by molar-refractivity contribution is -0.115. The first-order chi connectivity index (χ1) is 9.79. The van der Waals surface area contributed by atoms with Gasteiger partial charge in [0.1, 0.15) is 5.75 Å². The summed E-state index contributed by atoms with van der Waals surface area (Å²) in [5, 5.41) is 6.25. The highest BCUT2D eigenvalue weighted by Gasteiger charge is 2.14. The van der Waals surface area contributed by atoms with E-state index in [2.05, 4.69) is 10.6 Å². The van der Waals surface area contributed by atoms with Crippen LogP contribution in [0.4, 0.5) is 5.69 Å². The highest BCUT2D eigenvalue weighted by molar-refractivity contribution is 5.93. The van der Waals surface area contributed by atoms with E-state index in [0.29, 0.717) is 19.2 Å². The summed E-state index contributed by atoms with van der Waals surface area (Å²) in [6.07, 6.45) is 6.23. The van der Waals surface area contributed by atoms with Gasteiger partial charge in [-0.15, -0.1) is 0 Å². The number of amides is 1. The van der Waals surface area contributed by atoms with Crippen LogP contribution in [0, 0.1) is 0 Å². The van der Waals surface area contributed by atoms with Crippen LogP contribution in [0.25, 0.3) is 0 Å². The van der Waals surface area contributed by atoms with E-state index in [-0.39, 0.29) is 5.91 Å². The fourth-order valence-corrected chi connectivity index (χ4v) is 2.59. The van der Waals surface area contributed by atoms with Crippen LogP contribution in [-0.4, -0.2) is 25.1 Å². The number of carbonyl (C=O) groups excluding carboxylic acids is 1. The maximum atomic E-state index is 12.0. The lowest BCUT2D eigenvalue weighted by atomic mass is 9.95. The zero-order valence-corrected chi connectivity index (χ0v) is 12.2. The minimum atomic E-state index is -0.0114. The van der Waals surface area contributed by atoms with Crippen molar-refractivity contribution >= 4 is 11.6 Å². The summed E-state index contributed by atoms with van der Waals surface area (Å²) in [6.45, 7) is 2.89. The smallest absolute Gasteiger partial charge is 0.238 e. The van der Waals surface area contributed by atoms with Crippen molar-refractivity contribution in [2.45, 2.75) is 45.1 Å². The first-order valence-corrected chi connectivity index (χ1v) is 7.54. The minimum absolute atomic E-state index is 0.0114. The van der Waals surface area contributed by atoms with Crippen LogP contribution >= 0.6 is 0 Å². The maximum Gasteiger partial charge on any atom is 0.238 e. The van der Waals surface area contributed by atoms with Gasteiger partial charge in [-0.1, -0.05) is 31.4 Å². The summed E-state index contributed by atoms with van der Waals surface area (Å²) in [4.78, 5) is 12.0. The molecular formula is C16H24N2O2. The number of carbonyl (C=O) groups is 1. The van der Waals surface area contributed by atoms with Gasteiger partial charge in [0.2, 0.25) is 5.91 Å². The molecule has 0 unspecified atom stereocenters. The Labute approximate surface area is 120 Å². The van der Waals surface area contributed by atoms with E-state index in [9.17, 15) is 4.79 Å². The summed E-state index contributed by atoms with van der Waals surface area (Å²) in [5.74, 6) is 0.712. The van der Waals surface area contributed by atoms with Gasteiger partial charge in [0, 0.05) is 6.04 Å². The van der Waals surface area contributed by atoms with Crippen molar-refractivity contribution in [2.75, 3.05) is 18.5 Å². The first kappa shape index (κ1) is 14.9. The molecule has 0 saturated heterocycles. The average molecular weight is 276 g/mol. The zero-order valence-electron chi connectivity index (χ0n) is 12.2. The Morgan fingerprint density at radius 3 is 2.75 bits per heavy atom. The minimum Gasteiger partial charge on any atom is -0.492 e. The summed E-state index contributed by atoms with van der Waals surface area (Å²) in [6, 6.07) is 8.03. The lowest BCUT2D eigenvalue weighted by Crippen LogP contribution is -2.37. The number of hydrogen-bond acceptors (Lipinski definition) is 3. The normalized spacial score (nSPS) is 15.8. The predicted octanol–water partition coefficient (Wildman–Crippen LogP) is 2.95. The van der Waals surface area contributed by atoms with Gasteiger partial charge in [0.15, 0.2) is 0 Å². The van der Waals surface area contributed by atoms with E-state index in [1.54, 1.807) is 0 Å². The summed E-state index contributed by atoms with van der Waals surface area (Å²) in [7, 11) is 0. The van der Waals surface area contributed by atoms with Gasteiger partial charge in [-0.3, -0.25) is 4.79 Å². The molecule has 0 radical (unpaired) electrons. The molecule has 1 fully saturated rings. The SMILES string of the molecule is CCOc1ccccc1NC(=O)CNC1CCCCC1. The Morgan fingerprint density at radius 2 is 2.00 bits per heavy atom. The van der Waals surface area contributed by atoms with Crippen LogP contribution in [0.2, 0.25) is 0 Å². The summed E-state index contributed by atoms with van der Waals surface area (Å²) >= 11 is 0. The molecule has 1 saturated carbocycles. The second-order valence-electron chi connectivity index (χ2n) is 5.19. The van der Waals surface area contributed by atoms with E-state index in [4.69, 9.17) is 4.74 Å². The number of hydrogen-bond donors (Lipinski definition) is 2. The standard InChI is InChI=1S/C16H24N2O2/c1-2-20-15-11-7-6-10-14(15)18-16(19)12-17-13-8-4-3-5-9-13/h6-7,10-11,13,17H,2-5,8-9,12H2,1H3,(H,18,19). The van der Waals surface area contributed by atoms with Crippen molar-refractivity contribution in [3.05, 3.63) is 24.3 Å². The van der Waals surface area contributed by atoms with E-state index < -0.39 is 0 Å². The van der Waals surface area contributed by atoms with Crippen molar-refractivity contribution in [3.8, 4) is 5.75 Å². The van der Waals surface area contributed by atoms with Gasteiger partial charge in [-0.2, -0.15) is 0 Å². The maximum absolute atomic E-state index is 12.0. The van der Waals surface area contributed by atoms with Gasteiger partial charge in [-0.05, 0) is 31.9 Å². The number of para-hydroxylation sites is 2. The highest BCUT2D eigenvalue weighted by atomic mass is 16.5. The molecule has 0 spiro atoms. The largest absolute Gasteiger partial charge is 0.492 e. The molecule has 0 aromatic heterocycles. The fraction of sp³-hybridized carbons (Fsp3) is 0.562. The molecule has 4 heteroatoms. The van der Waals surface area contributed by atoms with Crippen molar-refractivity contribution in [3.63, 3.8) is 0 Å². The zero-order chi connectivity index (χ0) is 14.2. The van der Waals surface area contributed by atoms with E-state index in [1.807, 2.05) is 31.2 Å².